The summed E-state index contributed by atoms with van der Waals surface area (Å²) in [4.78, 5) is 25.7. The number of amides is 2. The van der Waals surface area contributed by atoms with Crippen molar-refractivity contribution in [3.05, 3.63) is 29.8 Å². The van der Waals surface area contributed by atoms with Crippen molar-refractivity contribution in [2.75, 3.05) is 24.5 Å². The Morgan fingerprint density at radius 1 is 1.26 bits per heavy atom. The van der Waals surface area contributed by atoms with Crippen LogP contribution in [0.25, 0.3) is 0 Å². The van der Waals surface area contributed by atoms with Gasteiger partial charge in [-0.3, -0.25) is 9.59 Å². The van der Waals surface area contributed by atoms with Gasteiger partial charge in [0.05, 0.1) is 0 Å². The van der Waals surface area contributed by atoms with Crippen LogP contribution in [0.1, 0.15) is 33.3 Å². The van der Waals surface area contributed by atoms with Gasteiger partial charge in [-0.25, -0.2) is 0 Å². The third-order valence-electron chi connectivity index (χ3n) is 3.74. The third kappa shape index (κ3) is 6.30. The molecule has 0 aliphatic rings. The molecule has 0 spiro atoms. The van der Waals surface area contributed by atoms with E-state index in [-0.39, 0.29) is 17.7 Å². The summed E-state index contributed by atoms with van der Waals surface area (Å²) in [6, 6.07) is 7.84. The lowest BCUT2D eigenvalue weighted by atomic mass is 10.0. The molecule has 0 fully saturated rings. The van der Waals surface area contributed by atoms with Gasteiger partial charge in [-0.05, 0) is 37.5 Å². The first kappa shape index (κ1) is 19.0. The zero-order valence-electron chi connectivity index (χ0n) is 14.8. The summed E-state index contributed by atoms with van der Waals surface area (Å²) in [5, 5.41) is 5.63. The average molecular weight is 319 g/mol. The molecule has 0 aliphatic heterocycles. The second-order valence-corrected chi connectivity index (χ2v) is 6.13. The monoisotopic (exact) mass is 319 g/mol. The second-order valence-electron chi connectivity index (χ2n) is 6.13. The standard InChI is InChI=1S/C18H29N3O2/c1-6-21(16-9-7-8-14(4)12-16)11-10-19-18(23)17(13(2)3)20-15(5)22/h7-9,12-13,17H,6,10-11H2,1-5H3,(H,19,23)(H,20,22). The maximum Gasteiger partial charge on any atom is 0.242 e. The van der Waals surface area contributed by atoms with Gasteiger partial charge in [0.15, 0.2) is 0 Å². The lowest BCUT2D eigenvalue weighted by Gasteiger charge is -2.25. The molecule has 0 heterocycles. The van der Waals surface area contributed by atoms with Crippen molar-refractivity contribution in [2.24, 2.45) is 5.92 Å². The highest BCUT2D eigenvalue weighted by atomic mass is 16.2. The summed E-state index contributed by atoms with van der Waals surface area (Å²) < 4.78 is 0. The predicted molar refractivity (Wildman–Crippen MR) is 94.5 cm³/mol. The normalized spacial score (nSPS) is 11.9. The van der Waals surface area contributed by atoms with Crippen LogP contribution >= 0.6 is 0 Å². The van der Waals surface area contributed by atoms with Crippen LogP contribution in [0.3, 0.4) is 0 Å². The Morgan fingerprint density at radius 3 is 2.48 bits per heavy atom. The predicted octanol–water partition coefficient (Wildman–Crippen LogP) is 2.10. The Kier molecular flexibility index (Phi) is 7.59. The molecule has 1 rings (SSSR count). The number of hydrogen-bond acceptors (Lipinski definition) is 3. The van der Waals surface area contributed by atoms with Crippen LogP contribution in [-0.2, 0) is 9.59 Å². The molecule has 1 unspecified atom stereocenters. The minimum Gasteiger partial charge on any atom is -0.370 e. The maximum atomic E-state index is 12.2. The van der Waals surface area contributed by atoms with Crippen LogP contribution in [0, 0.1) is 12.8 Å². The molecule has 0 bridgehead atoms. The molecule has 0 saturated heterocycles. The van der Waals surface area contributed by atoms with Gasteiger partial charge in [-0.15, -0.1) is 0 Å². The number of carbonyl (C=O) groups excluding carboxylic acids is 2. The highest BCUT2D eigenvalue weighted by molar-refractivity contribution is 5.87. The van der Waals surface area contributed by atoms with Gasteiger partial charge in [-0.1, -0.05) is 26.0 Å². The molecule has 23 heavy (non-hydrogen) atoms. The third-order valence-corrected chi connectivity index (χ3v) is 3.74. The average Bonchev–Trinajstić information content (AvgIpc) is 2.48. The van der Waals surface area contributed by atoms with Gasteiger partial charge in [0.2, 0.25) is 11.8 Å². The van der Waals surface area contributed by atoms with E-state index < -0.39 is 6.04 Å². The summed E-state index contributed by atoms with van der Waals surface area (Å²) in [5.41, 5.74) is 2.37. The molecule has 0 aromatic heterocycles. The molecule has 0 aliphatic carbocycles. The van der Waals surface area contributed by atoms with Crippen LogP contribution in [0.2, 0.25) is 0 Å². The molecule has 5 heteroatoms. The fourth-order valence-electron chi connectivity index (χ4n) is 2.47. The van der Waals surface area contributed by atoms with E-state index in [9.17, 15) is 9.59 Å². The first-order valence-corrected chi connectivity index (χ1v) is 8.21. The van der Waals surface area contributed by atoms with E-state index >= 15 is 0 Å². The Morgan fingerprint density at radius 2 is 1.96 bits per heavy atom. The Bertz CT molecular complexity index is 529. The summed E-state index contributed by atoms with van der Waals surface area (Å²) in [7, 11) is 0. The first-order valence-electron chi connectivity index (χ1n) is 8.21. The minimum absolute atomic E-state index is 0.0537. The van der Waals surface area contributed by atoms with Gasteiger partial charge in [0.1, 0.15) is 6.04 Å². The van der Waals surface area contributed by atoms with Crippen LogP contribution in [0.15, 0.2) is 24.3 Å². The molecule has 2 amide bonds. The number of rotatable bonds is 8. The van der Waals surface area contributed by atoms with E-state index in [0.717, 1.165) is 18.8 Å². The highest BCUT2D eigenvalue weighted by Gasteiger charge is 2.22. The van der Waals surface area contributed by atoms with Crippen molar-refractivity contribution >= 4 is 17.5 Å². The van der Waals surface area contributed by atoms with Crippen molar-refractivity contribution in [1.82, 2.24) is 10.6 Å². The Hall–Kier alpha value is -2.04. The van der Waals surface area contributed by atoms with Crippen LogP contribution < -0.4 is 15.5 Å². The number of likely N-dealkylation sites (N-methyl/N-ethyl adjacent to an activating group) is 1. The number of carbonyl (C=O) groups is 2. The highest BCUT2D eigenvalue weighted by Crippen LogP contribution is 2.15. The molecule has 1 aromatic carbocycles. The van der Waals surface area contributed by atoms with Gasteiger partial charge >= 0.3 is 0 Å². The molecule has 1 aromatic rings. The van der Waals surface area contributed by atoms with Gasteiger partial charge < -0.3 is 15.5 Å². The lowest BCUT2D eigenvalue weighted by Crippen LogP contribution is -2.50. The van der Waals surface area contributed by atoms with Crippen molar-refractivity contribution < 1.29 is 9.59 Å². The fourth-order valence-corrected chi connectivity index (χ4v) is 2.47. The zero-order chi connectivity index (χ0) is 17.4. The summed E-state index contributed by atoms with van der Waals surface area (Å²) in [5.74, 6) is -0.262. The number of hydrogen-bond donors (Lipinski definition) is 2. The summed E-state index contributed by atoms with van der Waals surface area (Å²) in [6.45, 7) is 11.6. The lowest BCUT2D eigenvalue weighted by molar-refractivity contribution is -0.129. The summed E-state index contributed by atoms with van der Waals surface area (Å²) in [6.07, 6.45) is 0. The van der Waals surface area contributed by atoms with Crippen molar-refractivity contribution in [3.63, 3.8) is 0 Å². The van der Waals surface area contributed by atoms with Crippen molar-refractivity contribution in [2.45, 2.75) is 40.7 Å². The summed E-state index contributed by atoms with van der Waals surface area (Å²) >= 11 is 0. The van der Waals surface area contributed by atoms with Gasteiger partial charge in [0, 0.05) is 32.2 Å². The van der Waals surface area contributed by atoms with E-state index in [1.54, 1.807) is 0 Å². The quantitative estimate of drug-likeness (QED) is 0.771. The topological polar surface area (TPSA) is 61.4 Å². The minimum atomic E-state index is -0.485. The van der Waals surface area contributed by atoms with E-state index in [1.807, 2.05) is 19.9 Å². The molecule has 0 saturated carbocycles. The number of anilines is 1. The first-order chi connectivity index (χ1) is 10.8. The molecule has 2 N–H and O–H groups in total. The zero-order valence-corrected chi connectivity index (χ0v) is 14.8. The Labute approximate surface area is 139 Å². The van der Waals surface area contributed by atoms with Crippen molar-refractivity contribution in [1.29, 1.82) is 0 Å². The molecular formula is C18H29N3O2. The molecule has 0 radical (unpaired) electrons. The molecule has 128 valence electrons. The molecular weight excluding hydrogens is 290 g/mol. The largest absolute Gasteiger partial charge is 0.370 e. The van der Waals surface area contributed by atoms with E-state index in [0.29, 0.717) is 6.54 Å². The number of benzene rings is 1. The van der Waals surface area contributed by atoms with E-state index in [4.69, 9.17) is 0 Å². The van der Waals surface area contributed by atoms with Crippen LogP contribution in [-0.4, -0.2) is 37.5 Å². The number of aryl methyl sites for hydroxylation is 1. The van der Waals surface area contributed by atoms with Crippen LogP contribution in [0.5, 0.6) is 0 Å². The van der Waals surface area contributed by atoms with E-state index in [1.165, 1.54) is 12.5 Å². The molecule has 1 atom stereocenters. The maximum absolute atomic E-state index is 12.2. The second kappa shape index (κ2) is 9.18. The smallest absolute Gasteiger partial charge is 0.242 e. The van der Waals surface area contributed by atoms with Crippen molar-refractivity contribution in [3.8, 4) is 0 Å². The Balaban J connectivity index is 2.56. The number of nitrogens with one attached hydrogen (secondary N) is 2. The SMILES string of the molecule is CCN(CCNC(=O)C(NC(C)=O)C(C)C)c1cccc(C)c1. The van der Waals surface area contributed by atoms with Crippen LogP contribution in [0.4, 0.5) is 5.69 Å². The van der Waals surface area contributed by atoms with E-state index in [2.05, 4.69) is 47.6 Å². The fraction of sp³-hybridized carbons (Fsp3) is 0.556. The number of nitrogens with zero attached hydrogens (tertiary/aromatic N) is 1. The molecule has 5 nitrogen and oxygen atoms in total. The van der Waals surface area contributed by atoms with Gasteiger partial charge in [0.25, 0.3) is 0 Å². The van der Waals surface area contributed by atoms with Gasteiger partial charge in [-0.2, -0.15) is 0 Å².